The monoisotopic (exact) mass is 226 g/mol. The normalized spacial score (nSPS) is 17.1. The van der Waals surface area contributed by atoms with Crippen LogP contribution in [0.1, 0.15) is 19.3 Å². The third kappa shape index (κ3) is 1.78. The van der Waals surface area contributed by atoms with E-state index >= 15 is 0 Å². The van der Waals surface area contributed by atoms with Crippen LogP contribution in [-0.4, -0.2) is 11.0 Å². The number of anilines is 1. The molecule has 0 atom stereocenters. The van der Waals surface area contributed by atoms with Crippen LogP contribution in [0.2, 0.25) is 0 Å². The number of nitrogens with zero attached hydrogens (tertiary/aromatic N) is 1. The summed E-state index contributed by atoms with van der Waals surface area (Å²) >= 11 is 3.30. The summed E-state index contributed by atoms with van der Waals surface area (Å²) in [5.41, 5.74) is 1.13. The second kappa shape index (κ2) is 3.44. The van der Waals surface area contributed by atoms with Crippen molar-refractivity contribution in [3.8, 4) is 0 Å². The van der Waals surface area contributed by atoms with E-state index in [2.05, 4.69) is 32.3 Å². The summed E-state index contributed by atoms with van der Waals surface area (Å²) in [6, 6.07) is 4.70. The molecule has 0 saturated heterocycles. The highest BCUT2D eigenvalue weighted by atomic mass is 79.9. The minimum atomic E-state index is 0.688. The maximum Gasteiger partial charge on any atom is 0.106 e. The summed E-state index contributed by atoms with van der Waals surface area (Å²) in [6.45, 7) is 0. The van der Waals surface area contributed by atoms with E-state index in [9.17, 15) is 0 Å². The van der Waals surface area contributed by atoms with Gasteiger partial charge in [-0.1, -0.05) is 0 Å². The topological polar surface area (TPSA) is 24.9 Å². The van der Waals surface area contributed by atoms with Gasteiger partial charge in [0.25, 0.3) is 0 Å². The number of pyridine rings is 1. The first-order valence-corrected chi connectivity index (χ1v) is 5.02. The van der Waals surface area contributed by atoms with Crippen LogP contribution in [0.5, 0.6) is 0 Å². The molecule has 3 heteroatoms. The fourth-order valence-electron chi connectivity index (χ4n) is 1.25. The van der Waals surface area contributed by atoms with Crippen LogP contribution >= 0.6 is 15.9 Å². The molecule has 12 heavy (non-hydrogen) atoms. The SMILES string of the molecule is Brc1ccc(NC2CCC2)cn1. The van der Waals surface area contributed by atoms with Gasteiger partial charge < -0.3 is 5.32 Å². The fraction of sp³-hybridized carbons (Fsp3) is 0.444. The highest BCUT2D eigenvalue weighted by Crippen LogP contribution is 2.23. The zero-order valence-corrected chi connectivity index (χ0v) is 8.34. The molecule has 1 saturated carbocycles. The standard InChI is InChI=1S/C9H11BrN2/c10-9-5-4-8(6-11-9)12-7-2-1-3-7/h4-7,12H,1-3H2. The predicted molar refractivity (Wildman–Crippen MR) is 53.2 cm³/mol. The number of aromatic nitrogens is 1. The van der Waals surface area contributed by atoms with Crippen molar-refractivity contribution in [1.82, 2.24) is 4.98 Å². The van der Waals surface area contributed by atoms with E-state index in [1.165, 1.54) is 19.3 Å². The van der Waals surface area contributed by atoms with Gasteiger partial charge >= 0.3 is 0 Å². The van der Waals surface area contributed by atoms with E-state index in [0.29, 0.717) is 6.04 Å². The van der Waals surface area contributed by atoms with E-state index in [1.807, 2.05) is 12.3 Å². The molecule has 1 aromatic heterocycles. The molecule has 1 fully saturated rings. The van der Waals surface area contributed by atoms with E-state index in [4.69, 9.17) is 0 Å². The van der Waals surface area contributed by atoms with Crippen molar-refractivity contribution >= 4 is 21.6 Å². The van der Waals surface area contributed by atoms with Crippen LogP contribution < -0.4 is 5.32 Å². The average Bonchev–Trinajstić information content (AvgIpc) is 2.00. The predicted octanol–water partition coefficient (Wildman–Crippen LogP) is 2.81. The fourth-order valence-corrected chi connectivity index (χ4v) is 1.48. The summed E-state index contributed by atoms with van der Waals surface area (Å²) in [5.74, 6) is 0. The Labute approximate surface area is 80.5 Å². The van der Waals surface area contributed by atoms with Crippen molar-refractivity contribution < 1.29 is 0 Å². The molecule has 1 aliphatic rings. The van der Waals surface area contributed by atoms with Gasteiger partial charge in [0, 0.05) is 6.04 Å². The second-order valence-corrected chi connectivity index (χ2v) is 3.95. The maximum absolute atomic E-state index is 4.14. The van der Waals surface area contributed by atoms with Crippen LogP contribution in [0.15, 0.2) is 22.9 Å². The number of nitrogens with one attached hydrogen (secondary N) is 1. The molecule has 64 valence electrons. The van der Waals surface area contributed by atoms with Crippen molar-refractivity contribution in [3.05, 3.63) is 22.9 Å². The average molecular weight is 227 g/mol. The van der Waals surface area contributed by atoms with Crippen LogP contribution in [0.25, 0.3) is 0 Å². The second-order valence-electron chi connectivity index (χ2n) is 3.14. The van der Waals surface area contributed by atoms with Crippen molar-refractivity contribution in [2.75, 3.05) is 5.32 Å². The third-order valence-electron chi connectivity index (χ3n) is 2.20. The maximum atomic E-state index is 4.14. The molecule has 0 radical (unpaired) electrons. The van der Waals surface area contributed by atoms with Crippen LogP contribution in [0.3, 0.4) is 0 Å². The Bertz CT molecular complexity index is 254. The van der Waals surface area contributed by atoms with Crippen LogP contribution in [0.4, 0.5) is 5.69 Å². The largest absolute Gasteiger partial charge is 0.381 e. The molecular weight excluding hydrogens is 216 g/mol. The van der Waals surface area contributed by atoms with Crippen LogP contribution in [-0.2, 0) is 0 Å². The smallest absolute Gasteiger partial charge is 0.106 e. The molecule has 0 aromatic carbocycles. The summed E-state index contributed by atoms with van der Waals surface area (Å²) in [4.78, 5) is 4.14. The van der Waals surface area contributed by atoms with E-state index in [1.54, 1.807) is 0 Å². The molecule has 1 N–H and O–H groups in total. The van der Waals surface area contributed by atoms with Crippen molar-refractivity contribution in [1.29, 1.82) is 0 Å². The first-order valence-electron chi connectivity index (χ1n) is 4.23. The number of rotatable bonds is 2. The lowest BCUT2D eigenvalue weighted by Crippen LogP contribution is -2.26. The van der Waals surface area contributed by atoms with E-state index < -0.39 is 0 Å². The van der Waals surface area contributed by atoms with Crippen molar-refractivity contribution in [2.24, 2.45) is 0 Å². The Morgan fingerprint density at radius 2 is 2.25 bits per heavy atom. The number of hydrogen-bond donors (Lipinski definition) is 1. The van der Waals surface area contributed by atoms with E-state index in [-0.39, 0.29) is 0 Å². The van der Waals surface area contributed by atoms with Gasteiger partial charge in [-0.3, -0.25) is 0 Å². The highest BCUT2D eigenvalue weighted by Gasteiger charge is 2.16. The Morgan fingerprint density at radius 3 is 2.75 bits per heavy atom. The van der Waals surface area contributed by atoms with Crippen molar-refractivity contribution in [2.45, 2.75) is 25.3 Å². The van der Waals surface area contributed by atoms with Gasteiger partial charge in [-0.25, -0.2) is 4.98 Å². The van der Waals surface area contributed by atoms with Gasteiger partial charge in [0.15, 0.2) is 0 Å². The molecule has 0 amide bonds. The molecule has 0 unspecified atom stereocenters. The highest BCUT2D eigenvalue weighted by molar-refractivity contribution is 9.10. The van der Waals surface area contributed by atoms with Crippen LogP contribution in [0, 0.1) is 0 Å². The molecule has 2 rings (SSSR count). The Balaban J connectivity index is 1.98. The summed E-state index contributed by atoms with van der Waals surface area (Å²) in [7, 11) is 0. The first-order chi connectivity index (χ1) is 5.84. The van der Waals surface area contributed by atoms with Crippen molar-refractivity contribution in [3.63, 3.8) is 0 Å². The molecular formula is C9H11BrN2. The van der Waals surface area contributed by atoms with Gasteiger partial charge in [-0.2, -0.15) is 0 Å². The zero-order valence-electron chi connectivity index (χ0n) is 6.76. The van der Waals surface area contributed by atoms with Gasteiger partial charge in [-0.15, -0.1) is 0 Å². The number of hydrogen-bond acceptors (Lipinski definition) is 2. The Morgan fingerprint density at radius 1 is 1.42 bits per heavy atom. The molecule has 0 spiro atoms. The molecule has 0 aliphatic heterocycles. The lowest BCUT2D eigenvalue weighted by atomic mass is 9.93. The summed E-state index contributed by atoms with van der Waals surface area (Å²) in [6.07, 6.45) is 5.83. The van der Waals surface area contributed by atoms with Gasteiger partial charge in [0.2, 0.25) is 0 Å². The number of halogens is 1. The molecule has 1 aliphatic carbocycles. The van der Waals surface area contributed by atoms with Gasteiger partial charge in [0.05, 0.1) is 11.9 Å². The van der Waals surface area contributed by atoms with Gasteiger partial charge in [0.1, 0.15) is 4.60 Å². The molecule has 2 nitrogen and oxygen atoms in total. The lowest BCUT2D eigenvalue weighted by molar-refractivity contribution is 0.445. The first kappa shape index (κ1) is 8.05. The Hall–Kier alpha value is -0.570. The zero-order chi connectivity index (χ0) is 8.39. The third-order valence-corrected chi connectivity index (χ3v) is 2.67. The van der Waals surface area contributed by atoms with Gasteiger partial charge in [-0.05, 0) is 47.3 Å². The summed E-state index contributed by atoms with van der Waals surface area (Å²) in [5, 5.41) is 3.42. The molecule has 1 heterocycles. The minimum Gasteiger partial charge on any atom is -0.381 e. The summed E-state index contributed by atoms with van der Waals surface area (Å²) < 4.78 is 0.890. The van der Waals surface area contributed by atoms with E-state index in [0.717, 1.165) is 10.3 Å². The lowest BCUT2D eigenvalue weighted by Gasteiger charge is -2.27. The molecule has 0 bridgehead atoms. The Kier molecular flexibility index (Phi) is 2.30. The molecule has 1 aromatic rings. The minimum absolute atomic E-state index is 0.688. The quantitative estimate of drug-likeness (QED) is 0.785.